The molecule has 0 amide bonds. The standard InChI is InChI=1S/C29H28F2N8O3/c1-32-18-9-17(30)23(31)21-22-25(38-7-5-19-20(38)4-6-37(19)3)15(11-34-27(22)36-24(18)21)13-8-14-26(40)16(29(41)42)12-39(33-2)28(14)35-10-13/h8-12,19-20,32-33H,4-7H2,1-3H3,(H,34,36)(H,41,42). The summed E-state index contributed by atoms with van der Waals surface area (Å²) in [6.07, 6.45) is 6.23. The third kappa shape index (κ3) is 3.59. The first-order valence-electron chi connectivity index (χ1n) is 13.7. The lowest BCUT2D eigenvalue weighted by molar-refractivity contribution is 0.0695. The Balaban J connectivity index is 1.57. The SMILES string of the molecule is CNc1cc(F)c(F)c2c1[nH]c1ncc(-c3cnc4c(c3)c(=O)c(C(=O)O)cn4NC)c(N3CCC4C3CCN4C)c12. The zero-order chi connectivity index (χ0) is 29.4. The lowest BCUT2D eigenvalue weighted by atomic mass is 10.00. The molecule has 42 heavy (non-hydrogen) atoms. The number of aromatic nitrogens is 4. The molecule has 0 radical (unpaired) electrons. The van der Waals surface area contributed by atoms with E-state index in [0.717, 1.165) is 25.5 Å². The van der Waals surface area contributed by atoms with Crippen LogP contribution in [0.2, 0.25) is 0 Å². The fraction of sp³-hybridized carbons (Fsp3) is 0.310. The Morgan fingerprint density at radius 1 is 1.10 bits per heavy atom. The minimum Gasteiger partial charge on any atom is -0.477 e. The molecule has 216 valence electrons. The number of aromatic amines is 1. The first kappa shape index (κ1) is 26.1. The van der Waals surface area contributed by atoms with E-state index >= 15 is 4.39 Å². The summed E-state index contributed by atoms with van der Waals surface area (Å²) in [7, 11) is 5.33. The highest BCUT2D eigenvalue weighted by molar-refractivity contribution is 6.18. The molecule has 6 heterocycles. The van der Waals surface area contributed by atoms with Gasteiger partial charge in [0.25, 0.3) is 0 Å². The number of hydrogen-bond donors (Lipinski definition) is 4. The van der Waals surface area contributed by atoms with Crippen LogP contribution in [0.25, 0.3) is 44.1 Å². The molecule has 0 aliphatic carbocycles. The number of aromatic carboxylic acids is 1. The molecule has 0 saturated carbocycles. The summed E-state index contributed by atoms with van der Waals surface area (Å²) >= 11 is 0. The fourth-order valence-corrected chi connectivity index (χ4v) is 6.81. The van der Waals surface area contributed by atoms with E-state index in [9.17, 15) is 19.1 Å². The molecule has 2 fully saturated rings. The number of fused-ring (bicyclic) bond motifs is 5. The number of nitrogens with one attached hydrogen (secondary N) is 3. The predicted octanol–water partition coefficient (Wildman–Crippen LogP) is 3.57. The monoisotopic (exact) mass is 574 g/mol. The van der Waals surface area contributed by atoms with E-state index in [-0.39, 0.29) is 22.5 Å². The number of likely N-dealkylation sites (N-methyl/N-ethyl adjacent to an activating group) is 1. The number of carbonyl (C=O) groups is 1. The van der Waals surface area contributed by atoms with Crippen LogP contribution in [0.15, 0.2) is 35.5 Å². The van der Waals surface area contributed by atoms with Gasteiger partial charge in [-0.25, -0.2) is 28.2 Å². The average Bonchev–Trinajstić information content (AvgIpc) is 3.69. The molecule has 7 rings (SSSR count). The minimum absolute atomic E-state index is 0.0907. The quantitative estimate of drug-likeness (QED) is 0.249. The molecule has 5 aromatic rings. The van der Waals surface area contributed by atoms with Crippen molar-refractivity contribution in [3.05, 3.63) is 58.1 Å². The number of benzene rings is 1. The number of rotatable bonds is 5. The highest BCUT2D eigenvalue weighted by Gasteiger charge is 2.42. The van der Waals surface area contributed by atoms with Crippen molar-refractivity contribution in [1.29, 1.82) is 0 Å². The smallest absolute Gasteiger partial charge is 0.341 e. The summed E-state index contributed by atoms with van der Waals surface area (Å²) in [5, 5.41) is 13.2. The maximum absolute atomic E-state index is 15.7. The Morgan fingerprint density at radius 2 is 1.88 bits per heavy atom. The van der Waals surface area contributed by atoms with Crippen molar-refractivity contribution in [1.82, 2.24) is 24.5 Å². The summed E-state index contributed by atoms with van der Waals surface area (Å²) in [5.74, 6) is -3.32. The third-order valence-corrected chi connectivity index (χ3v) is 8.80. The molecule has 0 bridgehead atoms. The number of carboxylic acid groups (broad SMARTS) is 1. The van der Waals surface area contributed by atoms with Crippen LogP contribution in [-0.4, -0.2) is 81.9 Å². The van der Waals surface area contributed by atoms with Crippen molar-refractivity contribution >= 4 is 50.3 Å². The second kappa shape index (κ2) is 9.38. The van der Waals surface area contributed by atoms with Gasteiger partial charge in [0.2, 0.25) is 5.43 Å². The van der Waals surface area contributed by atoms with Gasteiger partial charge in [-0.15, -0.1) is 0 Å². The van der Waals surface area contributed by atoms with Gasteiger partial charge in [0.1, 0.15) is 11.2 Å². The molecule has 13 heteroatoms. The van der Waals surface area contributed by atoms with Gasteiger partial charge in [0, 0.05) is 75.1 Å². The summed E-state index contributed by atoms with van der Waals surface area (Å²) < 4.78 is 32.0. The van der Waals surface area contributed by atoms with Crippen LogP contribution in [0.1, 0.15) is 23.2 Å². The maximum atomic E-state index is 15.7. The van der Waals surface area contributed by atoms with Gasteiger partial charge < -0.3 is 30.6 Å². The number of hydrogen-bond acceptors (Lipinski definition) is 8. The van der Waals surface area contributed by atoms with Crippen LogP contribution in [0.3, 0.4) is 0 Å². The third-order valence-electron chi connectivity index (χ3n) is 8.80. The molecule has 4 N–H and O–H groups in total. The number of likely N-dealkylation sites (tertiary alicyclic amines) is 1. The Morgan fingerprint density at radius 3 is 2.62 bits per heavy atom. The van der Waals surface area contributed by atoms with Gasteiger partial charge in [0.15, 0.2) is 17.3 Å². The molecular weight excluding hydrogens is 546 g/mol. The minimum atomic E-state index is -1.36. The fourth-order valence-electron chi connectivity index (χ4n) is 6.81. The Hall–Kier alpha value is -4.78. The van der Waals surface area contributed by atoms with E-state index in [2.05, 4.69) is 42.5 Å². The molecule has 2 aliphatic rings. The molecule has 2 atom stereocenters. The summed E-state index contributed by atoms with van der Waals surface area (Å²) in [5.41, 5.74) is 4.97. The number of nitrogens with zero attached hydrogens (tertiary/aromatic N) is 5. The number of carboxylic acids is 1. The van der Waals surface area contributed by atoms with E-state index in [0.29, 0.717) is 51.6 Å². The highest BCUT2D eigenvalue weighted by Crippen LogP contribution is 2.46. The number of anilines is 2. The van der Waals surface area contributed by atoms with Crippen molar-refractivity contribution in [3.8, 4) is 11.1 Å². The molecule has 11 nitrogen and oxygen atoms in total. The lowest BCUT2D eigenvalue weighted by Gasteiger charge is -2.29. The second-order valence-corrected chi connectivity index (χ2v) is 10.8. The van der Waals surface area contributed by atoms with Gasteiger partial charge in [-0.2, -0.15) is 0 Å². The summed E-state index contributed by atoms with van der Waals surface area (Å²) in [6, 6.07) is 3.15. The molecular formula is C29H28F2N8O3. The number of H-pyrrole nitrogens is 1. The molecule has 4 aromatic heterocycles. The van der Waals surface area contributed by atoms with E-state index in [1.54, 1.807) is 32.6 Å². The second-order valence-electron chi connectivity index (χ2n) is 10.8. The van der Waals surface area contributed by atoms with E-state index < -0.39 is 28.6 Å². The van der Waals surface area contributed by atoms with Crippen LogP contribution in [0, 0.1) is 11.6 Å². The lowest BCUT2D eigenvalue weighted by Crippen LogP contribution is -2.35. The Labute approximate surface area is 237 Å². The van der Waals surface area contributed by atoms with Crippen molar-refractivity contribution in [2.45, 2.75) is 24.9 Å². The van der Waals surface area contributed by atoms with Crippen LogP contribution in [0.4, 0.5) is 20.2 Å². The van der Waals surface area contributed by atoms with Crippen LogP contribution < -0.4 is 21.1 Å². The van der Waals surface area contributed by atoms with Crippen molar-refractivity contribution < 1.29 is 18.7 Å². The van der Waals surface area contributed by atoms with Gasteiger partial charge in [-0.05, 0) is 26.0 Å². The largest absolute Gasteiger partial charge is 0.477 e. The average molecular weight is 575 g/mol. The Kier molecular flexibility index (Phi) is 5.84. The molecule has 2 saturated heterocycles. The van der Waals surface area contributed by atoms with E-state index in [1.807, 2.05) is 0 Å². The number of pyridine rings is 3. The van der Waals surface area contributed by atoms with Gasteiger partial charge >= 0.3 is 5.97 Å². The highest BCUT2D eigenvalue weighted by atomic mass is 19.2. The maximum Gasteiger partial charge on any atom is 0.341 e. The Bertz CT molecular complexity index is 2010. The topological polar surface area (TPSA) is 131 Å². The van der Waals surface area contributed by atoms with Gasteiger partial charge in [0.05, 0.1) is 33.1 Å². The molecule has 0 spiro atoms. The van der Waals surface area contributed by atoms with Crippen molar-refractivity contribution in [2.24, 2.45) is 0 Å². The van der Waals surface area contributed by atoms with Crippen LogP contribution >= 0.6 is 0 Å². The molecule has 2 unspecified atom stereocenters. The van der Waals surface area contributed by atoms with Crippen molar-refractivity contribution in [2.75, 3.05) is 49.9 Å². The predicted molar refractivity (Wildman–Crippen MR) is 157 cm³/mol. The first-order chi connectivity index (χ1) is 20.2. The van der Waals surface area contributed by atoms with Crippen molar-refractivity contribution in [3.63, 3.8) is 0 Å². The summed E-state index contributed by atoms with van der Waals surface area (Å²) in [6.45, 7) is 1.60. The normalized spacial score (nSPS) is 18.8. The number of halogens is 2. The summed E-state index contributed by atoms with van der Waals surface area (Å²) in [4.78, 5) is 42.0. The molecule has 1 aromatic carbocycles. The van der Waals surface area contributed by atoms with Crippen LogP contribution in [-0.2, 0) is 0 Å². The van der Waals surface area contributed by atoms with Crippen LogP contribution in [0.5, 0.6) is 0 Å². The zero-order valence-electron chi connectivity index (χ0n) is 23.1. The zero-order valence-corrected chi connectivity index (χ0v) is 23.1. The van der Waals surface area contributed by atoms with Gasteiger partial charge in [-0.3, -0.25) is 4.79 Å². The van der Waals surface area contributed by atoms with Gasteiger partial charge in [-0.1, -0.05) is 0 Å². The van der Waals surface area contributed by atoms with E-state index in [4.69, 9.17) is 0 Å². The molecule has 2 aliphatic heterocycles. The van der Waals surface area contributed by atoms with E-state index in [1.165, 1.54) is 10.9 Å². The first-order valence-corrected chi connectivity index (χ1v) is 13.7.